The molecule has 2 N–H and O–H groups in total. The Balaban J connectivity index is 3.83. The Hall–Kier alpha value is -1.39. The van der Waals surface area contributed by atoms with Crippen molar-refractivity contribution in [3.63, 3.8) is 0 Å². The fraction of sp³-hybridized carbons (Fsp3) is 0.864. The van der Waals surface area contributed by atoms with E-state index in [0.29, 0.717) is 12.7 Å². The van der Waals surface area contributed by atoms with Crippen molar-refractivity contribution in [2.45, 2.75) is 110 Å². The van der Waals surface area contributed by atoms with Gasteiger partial charge < -0.3 is 15.4 Å². The average Bonchev–Trinajstić information content (AvgIpc) is 2.67. The molecular formula is C22H42N2O3. The van der Waals surface area contributed by atoms with Gasteiger partial charge in [0.2, 0.25) is 11.8 Å². The number of hydrogen-bond acceptors (Lipinski definition) is 3. The summed E-state index contributed by atoms with van der Waals surface area (Å²) in [4.78, 5) is 34.7. The molecule has 0 unspecified atom stereocenters. The second-order valence-electron chi connectivity index (χ2n) is 7.63. The van der Waals surface area contributed by atoms with Gasteiger partial charge in [-0.05, 0) is 12.3 Å². The van der Waals surface area contributed by atoms with Gasteiger partial charge in [-0.15, -0.1) is 0 Å². The largest absolute Gasteiger partial charge is 0.348 e. The van der Waals surface area contributed by atoms with Gasteiger partial charge in [-0.2, -0.15) is 0 Å². The predicted molar refractivity (Wildman–Crippen MR) is 112 cm³/mol. The van der Waals surface area contributed by atoms with Gasteiger partial charge in [0, 0.05) is 6.42 Å². The van der Waals surface area contributed by atoms with Gasteiger partial charge in [-0.25, -0.2) is 0 Å². The van der Waals surface area contributed by atoms with Crippen LogP contribution in [0, 0.1) is 5.92 Å². The van der Waals surface area contributed by atoms with Crippen molar-refractivity contribution < 1.29 is 14.4 Å². The molecule has 27 heavy (non-hydrogen) atoms. The lowest BCUT2D eigenvalue weighted by atomic mass is 9.98. The Morgan fingerprint density at radius 1 is 0.852 bits per heavy atom. The lowest BCUT2D eigenvalue weighted by Crippen LogP contribution is -2.50. The van der Waals surface area contributed by atoms with Crippen LogP contribution in [-0.4, -0.2) is 30.7 Å². The third-order valence-corrected chi connectivity index (χ3v) is 5.18. The molecule has 2 amide bonds. The minimum Gasteiger partial charge on any atom is -0.348 e. The van der Waals surface area contributed by atoms with Gasteiger partial charge in [0.15, 0.2) is 0 Å². The maximum Gasteiger partial charge on any atom is 0.243 e. The van der Waals surface area contributed by atoms with E-state index in [1.54, 1.807) is 0 Å². The highest BCUT2D eigenvalue weighted by molar-refractivity contribution is 5.88. The molecular weight excluding hydrogens is 340 g/mol. The molecule has 5 nitrogen and oxygen atoms in total. The predicted octanol–water partition coefficient (Wildman–Crippen LogP) is 4.53. The molecule has 0 spiro atoms. The minimum atomic E-state index is -0.560. The quantitative estimate of drug-likeness (QED) is 0.270. The minimum absolute atomic E-state index is 0.0136. The first-order chi connectivity index (χ1) is 13.1. The fourth-order valence-electron chi connectivity index (χ4n) is 3.15. The summed E-state index contributed by atoms with van der Waals surface area (Å²) >= 11 is 0. The van der Waals surface area contributed by atoms with Gasteiger partial charge in [0.05, 0.1) is 6.54 Å². The summed E-state index contributed by atoms with van der Waals surface area (Å²) in [6.45, 7) is 6.15. The van der Waals surface area contributed by atoms with Crippen molar-refractivity contribution in [2.24, 2.45) is 5.92 Å². The van der Waals surface area contributed by atoms with Crippen LogP contribution >= 0.6 is 0 Å². The van der Waals surface area contributed by atoms with Crippen LogP contribution in [0.4, 0.5) is 0 Å². The second kappa shape index (κ2) is 18.0. The molecule has 0 radical (unpaired) electrons. The smallest absolute Gasteiger partial charge is 0.243 e. The normalized spacial score (nSPS) is 13.0. The van der Waals surface area contributed by atoms with Crippen molar-refractivity contribution in [2.75, 3.05) is 6.54 Å². The SMILES string of the molecule is CCCCCCCCCCCCCC(=O)N[C@H](C(=O)NCC=O)[C@@H](C)CC. The fourth-order valence-corrected chi connectivity index (χ4v) is 3.15. The lowest BCUT2D eigenvalue weighted by Gasteiger charge is -2.23. The Labute approximate surface area is 166 Å². The monoisotopic (exact) mass is 382 g/mol. The molecule has 0 aliphatic rings. The topological polar surface area (TPSA) is 75.3 Å². The number of rotatable bonds is 18. The Bertz CT molecular complexity index is 399. The number of amides is 2. The van der Waals surface area contributed by atoms with E-state index >= 15 is 0 Å². The number of carbonyl (C=O) groups is 3. The van der Waals surface area contributed by atoms with E-state index in [2.05, 4.69) is 17.6 Å². The van der Waals surface area contributed by atoms with Crippen molar-refractivity contribution in [1.29, 1.82) is 0 Å². The second-order valence-corrected chi connectivity index (χ2v) is 7.63. The molecule has 0 heterocycles. The van der Waals surface area contributed by atoms with E-state index in [9.17, 15) is 14.4 Å². The van der Waals surface area contributed by atoms with Gasteiger partial charge in [0.25, 0.3) is 0 Å². The van der Waals surface area contributed by atoms with E-state index in [-0.39, 0.29) is 24.3 Å². The molecule has 0 aliphatic heterocycles. The number of aldehydes is 1. The summed E-state index contributed by atoms with van der Waals surface area (Å²) in [7, 11) is 0. The van der Waals surface area contributed by atoms with Crippen LogP contribution in [0.25, 0.3) is 0 Å². The molecule has 0 saturated heterocycles. The third-order valence-electron chi connectivity index (χ3n) is 5.18. The highest BCUT2D eigenvalue weighted by Crippen LogP contribution is 2.12. The van der Waals surface area contributed by atoms with Gasteiger partial charge in [0.1, 0.15) is 12.3 Å². The summed E-state index contributed by atoms with van der Waals surface area (Å²) in [6.07, 6.45) is 15.6. The maximum atomic E-state index is 12.2. The zero-order valence-corrected chi connectivity index (χ0v) is 17.9. The van der Waals surface area contributed by atoms with Crippen LogP contribution in [0.3, 0.4) is 0 Å². The Morgan fingerprint density at radius 3 is 1.85 bits per heavy atom. The summed E-state index contributed by atoms with van der Waals surface area (Å²) in [6, 6.07) is -0.560. The van der Waals surface area contributed by atoms with E-state index in [4.69, 9.17) is 0 Å². The first kappa shape index (κ1) is 25.6. The molecule has 5 heteroatoms. The average molecular weight is 383 g/mol. The van der Waals surface area contributed by atoms with Crippen molar-refractivity contribution in [3.05, 3.63) is 0 Å². The molecule has 0 aliphatic carbocycles. The van der Waals surface area contributed by atoms with Gasteiger partial charge in [-0.3, -0.25) is 9.59 Å². The zero-order chi connectivity index (χ0) is 20.3. The first-order valence-corrected chi connectivity index (χ1v) is 11.1. The summed E-state index contributed by atoms with van der Waals surface area (Å²) in [5.41, 5.74) is 0. The van der Waals surface area contributed by atoms with E-state index in [1.807, 2.05) is 13.8 Å². The molecule has 158 valence electrons. The van der Waals surface area contributed by atoms with Crippen LogP contribution in [0.2, 0.25) is 0 Å². The van der Waals surface area contributed by atoms with Gasteiger partial charge >= 0.3 is 0 Å². The third kappa shape index (κ3) is 14.3. The van der Waals surface area contributed by atoms with E-state index in [0.717, 1.165) is 19.3 Å². The van der Waals surface area contributed by atoms with Crippen molar-refractivity contribution in [1.82, 2.24) is 10.6 Å². The number of nitrogens with one attached hydrogen (secondary N) is 2. The van der Waals surface area contributed by atoms with Gasteiger partial charge in [-0.1, -0.05) is 91.4 Å². The van der Waals surface area contributed by atoms with Crippen LogP contribution in [0.5, 0.6) is 0 Å². The summed E-state index contributed by atoms with van der Waals surface area (Å²) < 4.78 is 0. The summed E-state index contributed by atoms with van der Waals surface area (Å²) in [5.74, 6) is -0.306. The van der Waals surface area contributed by atoms with E-state index in [1.165, 1.54) is 57.8 Å². The molecule has 0 rings (SSSR count). The van der Waals surface area contributed by atoms with Crippen LogP contribution in [0.1, 0.15) is 104 Å². The molecule has 0 aromatic heterocycles. The number of unbranched alkanes of at least 4 members (excludes halogenated alkanes) is 10. The highest BCUT2D eigenvalue weighted by atomic mass is 16.2. The van der Waals surface area contributed by atoms with Crippen LogP contribution < -0.4 is 10.6 Å². The van der Waals surface area contributed by atoms with Crippen molar-refractivity contribution >= 4 is 18.1 Å². The Kier molecular flexibility index (Phi) is 17.1. The molecule has 0 fully saturated rings. The lowest BCUT2D eigenvalue weighted by molar-refractivity contribution is -0.130. The molecule has 0 saturated carbocycles. The molecule has 0 aromatic rings. The molecule has 0 aromatic carbocycles. The van der Waals surface area contributed by atoms with E-state index < -0.39 is 6.04 Å². The molecule has 0 bridgehead atoms. The summed E-state index contributed by atoms with van der Waals surface area (Å²) in [5, 5.41) is 5.39. The maximum absolute atomic E-state index is 12.2. The van der Waals surface area contributed by atoms with Crippen LogP contribution in [0.15, 0.2) is 0 Å². The van der Waals surface area contributed by atoms with Crippen molar-refractivity contribution in [3.8, 4) is 0 Å². The number of hydrogen-bond donors (Lipinski definition) is 2. The highest BCUT2D eigenvalue weighted by Gasteiger charge is 2.25. The number of carbonyl (C=O) groups excluding carboxylic acids is 3. The zero-order valence-electron chi connectivity index (χ0n) is 17.9. The van der Waals surface area contributed by atoms with Crippen LogP contribution in [-0.2, 0) is 14.4 Å². The Morgan fingerprint density at radius 2 is 1.37 bits per heavy atom. The molecule has 2 atom stereocenters. The standard InChI is InChI=1S/C22H42N2O3/c1-4-6-7-8-9-10-11-12-13-14-15-16-20(26)24-21(19(3)5-2)22(27)23-17-18-25/h18-19,21H,4-17H2,1-3H3,(H,23,27)(H,24,26)/t19-,21-/m0/s1. The first-order valence-electron chi connectivity index (χ1n) is 11.1.